The van der Waals surface area contributed by atoms with E-state index < -0.39 is 0 Å². The van der Waals surface area contributed by atoms with Gasteiger partial charge in [-0.05, 0) is 34.4 Å². The minimum absolute atomic E-state index is 0.360. The lowest BCUT2D eigenvalue weighted by Crippen LogP contribution is -1.87. The van der Waals surface area contributed by atoms with Gasteiger partial charge in [-0.3, -0.25) is 0 Å². The Morgan fingerprint density at radius 1 is 1.17 bits per heavy atom. The number of azide groups is 1. The van der Waals surface area contributed by atoms with E-state index in [4.69, 9.17) is 17.1 Å². The first-order valence-corrected chi connectivity index (χ1v) is 5.69. The summed E-state index contributed by atoms with van der Waals surface area (Å²) in [5.41, 5.74) is 11.6. The number of hydrogen-bond acceptors (Lipinski definition) is 1. The summed E-state index contributed by atoms with van der Waals surface area (Å²) >= 11 is 5.97. The zero-order valence-corrected chi connectivity index (χ0v) is 10.3. The summed E-state index contributed by atoms with van der Waals surface area (Å²) in [6, 6.07) is 15.3. The molecule has 0 saturated carbocycles. The van der Waals surface area contributed by atoms with Crippen LogP contribution in [0.1, 0.15) is 5.56 Å². The van der Waals surface area contributed by atoms with Crippen LogP contribution in [0.15, 0.2) is 60.2 Å². The molecule has 0 saturated heterocycles. The van der Waals surface area contributed by atoms with E-state index in [0.717, 1.165) is 16.7 Å². The summed E-state index contributed by atoms with van der Waals surface area (Å²) in [5.74, 6) is 0. The second-order valence-electron chi connectivity index (χ2n) is 3.69. The number of nitrogens with zero attached hydrogens (tertiary/aromatic N) is 3. The maximum Gasteiger partial charge on any atom is 0.0412 e. The van der Waals surface area contributed by atoms with Gasteiger partial charge in [0.2, 0.25) is 0 Å². The maximum atomic E-state index is 8.49. The van der Waals surface area contributed by atoms with Crippen molar-refractivity contribution in [1.29, 1.82) is 0 Å². The molecule has 3 nitrogen and oxygen atoms in total. The molecular weight excluding hydrogens is 246 g/mol. The largest absolute Gasteiger partial charge is 0.0889 e. The smallest absolute Gasteiger partial charge is 0.0412 e. The molecule has 0 aliphatic rings. The van der Waals surface area contributed by atoms with Gasteiger partial charge in [0, 0.05) is 15.6 Å². The molecule has 0 radical (unpaired) electrons. The van der Waals surface area contributed by atoms with E-state index in [1.807, 2.05) is 36.4 Å². The molecule has 0 aliphatic carbocycles. The molecule has 0 aromatic heterocycles. The van der Waals surface area contributed by atoms with Gasteiger partial charge in [-0.1, -0.05) is 59.7 Å². The first kappa shape index (κ1) is 12.2. The second-order valence-corrected chi connectivity index (χ2v) is 4.13. The third-order valence-electron chi connectivity index (χ3n) is 2.54. The molecule has 0 N–H and O–H groups in total. The van der Waals surface area contributed by atoms with E-state index in [2.05, 4.69) is 16.6 Å². The highest BCUT2D eigenvalue weighted by Gasteiger charge is 2.07. The van der Waals surface area contributed by atoms with E-state index >= 15 is 0 Å². The van der Waals surface area contributed by atoms with E-state index in [-0.39, 0.29) is 0 Å². The van der Waals surface area contributed by atoms with Crippen LogP contribution in [0, 0.1) is 0 Å². The molecule has 88 valence electrons. The van der Waals surface area contributed by atoms with Crippen LogP contribution in [0.5, 0.6) is 0 Å². The Balaban J connectivity index is 2.61. The van der Waals surface area contributed by atoms with Gasteiger partial charge in [0.15, 0.2) is 0 Å². The van der Waals surface area contributed by atoms with Crippen molar-refractivity contribution in [2.24, 2.45) is 5.11 Å². The number of benzene rings is 2. The Labute approximate surface area is 110 Å². The summed E-state index contributed by atoms with van der Waals surface area (Å²) in [7, 11) is 0. The minimum Gasteiger partial charge on any atom is -0.0889 e. The predicted molar refractivity (Wildman–Crippen MR) is 75.1 cm³/mol. The molecule has 18 heavy (non-hydrogen) atoms. The van der Waals surface area contributed by atoms with Gasteiger partial charge < -0.3 is 0 Å². The highest BCUT2D eigenvalue weighted by Crippen LogP contribution is 2.31. The molecule has 2 rings (SSSR count). The van der Waals surface area contributed by atoms with Crippen LogP contribution >= 0.6 is 11.6 Å². The summed E-state index contributed by atoms with van der Waals surface area (Å²) in [5, 5.41) is 4.13. The lowest BCUT2D eigenvalue weighted by atomic mass is 9.98. The van der Waals surface area contributed by atoms with Crippen molar-refractivity contribution in [3.05, 3.63) is 76.1 Å². The van der Waals surface area contributed by atoms with Gasteiger partial charge in [0.05, 0.1) is 0 Å². The molecule has 0 atom stereocenters. The fourth-order valence-electron chi connectivity index (χ4n) is 1.73. The van der Waals surface area contributed by atoms with Crippen molar-refractivity contribution < 1.29 is 0 Å². The molecule has 0 fully saturated rings. The van der Waals surface area contributed by atoms with E-state index in [0.29, 0.717) is 10.7 Å². The maximum absolute atomic E-state index is 8.49. The SMILES string of the molecule is C=C(N=[N+]=[N-])c1cc(Cl)ccc1-c1ccccc1. The topological polar surface area (TPSA) is 48.8 Å². The highest BCUT2D eigenvalue weighted by molar-refractivity contribution is 6.30. The Bertz CT molecular complexity index is 629. The summed E-state index contributed by atoms with van der Waals surface area (Å²) < 4.78 is 0. The van der Waals surface area contributed by atoms with Crippen molar-refractivity contribution in [3.63, 3.8) is 0 Å². The molecule has 0 aliphatic heterocycles. The normalized spacial score (nSPS) is 9.61. The zero-order chi connectivity index (χ0) is 13.0. The number of halogens is 1. The molecular formula is C14H10ClN3. The zero-order valence-electron chi connectivity index (χ0n) is 9.55. The van der Waals surface area contributed by atoms with Gasteiger partial charge in [-0.2, -0.15) is 0 Å². The quantitative estimate of drug-likeness (QED) is 0.407. The van der Waals surface area contributed by atoms with Gasteiger partial charge in [0.1, 0.15) is 0 Å². The van der Waals surface area contributed by atoms with Crippen molar-refractivity contribution in [2.75, 3.05) is 0 Å². The van der Waals surface area contributed by atoms with E-state index in [9.17, 15) is 0 Å². The summed E-state index contributed by atoms with van der Waals surface area (Å²) in [6.45, 7) is 3.76. The van der Waals surface area contributed by atoms with Gasteiger partial charge in [-0.15, -0.1) is 0 Å². The van der Waals surface area contributed by atoms with E-state index in [1.165, 1.54) is 0 Å². The Kier molecular flexibility index (Phi) is 3.68. The van der Waals surface area contributed by atoms with Gasteiger partial charge >= 0.3 is 0 Å². The molecule has 2 aromatic carbocycles. The highest BCUT2D eigenvalue weighted by atomic mass is 35.5. The third kappa shape index (κ3) is 2.54. The fourth-order valence-corrected chi connectivity index (χ4v) is 1.90. The Morgan fingerprint density at radius 3 is 2.56 bits per heavy atom. The predicted octanol–water partition coefficient (Wildman–Crippen LogP) is 5.29. The summed E-state index contributed by atoms with van der Waals surface area (Å²) in [6.07, 6.45) is 0. The lowest BCUT2D eigenvalue weighted by Gasteiger charge is -2.09. The van der Waals surface area contributed by atoms with Crippen molar-refractivity contribution in [1.82, 2.24) is 0 Å². The number of rotatable bonds is 3. The lowest BCUT2D eigenvalue weighted by molar-refractivity contribution is 1.47. The first-order chi connectivity index (χ1) is 8.72. The number of hydrogen-bond donors (Lipinski definition) is 0. The third-order valence-corrected chi connectivity index (χ3v) is 2.78. The molecule has 4 heteroatoms. The Morgan fingerprint density at radius 2 is 1.89 bits per heavy atom. The molecule has 2 aromatic rings. The Hall–Kier alpha value is -2.22. The molecule has 0 amide bonds. The molecule has 0 heterocycles. The van der Waals surface area contributed by atoms with Crippen LogP contribution in [0.25, 0.3) is 27.3 Å². The molecule has 0 unspecified atom stereocenters. The monoisotopic (exact) mass is 255 g/mol. The van der Waals surface area contributed by atoms with Crippen LogP contribution in [0.3, 0.4) is 0 Å². The van der Waals surface area contributed by atoms with Crippen LogP contribution in [-0.2, 0) is 0 Å². The van der Waals surface area contributed by atoms with Crippen molar-refractivity contribution in [2.45, 2.75) is 0 Å². The van der Waals surface area contributed by atoms with Crippen LogP contribution in [-0.4, -0.2) is 0 Å². The van der Waals surface area contributed by atoms with Crippen LogP contribution < -0.4 is 0 Å². The fraction of sp³-hybridized carbons (Fsp3) is 0. The van der Waals surface area contributed by atoms with Gasteiger partial charge in [0.25, 0.3) is 0 Å². The van der Waals surface area contributed by atoms with Crippen molar-refractivity contribution in [3.8, 4) is 11.1 Å². The van der Waals surface area contributed by atoms with Gasteiger partial charge in [-0.25, -0.2) is 0 Å². The van der Waals surface area contributed by atoms with Crippen molar-refractivity contribution >= 4 is 17.3 Å². The second kappa shape index (κ2) is 5.41. The van der Waals surface area contributed by atoms with E-state index in [1.54, 1.807) is 12.1 Å². The average molecular weight is 256 g/mol. The summed E-state index contributed by atoms with van der Waals surface area (Å²) in [4.78, 5) is 2.76. The molecule has 0 spiro atoms. The molecule has 0 bridgehead atoms. The minimum atomic E-state index is 0.360. The van der Waals surface area contributed by atoms with Crippen LogP contribution in [0.4, 0.5) is 0 Å². The average Bonchev–Trinajstić information content (AvgIpc) is 2.40. The standard InChI is InChI=1S/C14H10ClN3/c1-10(17-18-16)14-9-12(15)7-8-13(14)11-5-3-2-4-6-11/h2-9H,1H2. The van der Waals surface area contributed by atoms with Crippen LogP contribution in [0.2, 0.25) is 5.02 Å². The first-order valence-electron chi connectivity index (χ1n) is 5.31.